The third-order valence-electron chi connectivity index (χ3n) is 2.39. The number of rotatable bonds is 5. The first-order chi connectivity index (χ1) is 9.69. The molecule has 0 amide bonds. The molecule has 0 aromatic carbocycles. The van der Waals surface area contributed by atoms with Gasteiger partial charge in [-0.2, -0.15) is 0 Å². The van der Waals surface area contributed by atoms with Crippen molar-refractivity contribution in [2.24, 2.45) is 0 Å². The van der Waals surface area contributed by atoms with Gasteiger partial charge in [0.15, 0.2) is 5.75 Å². The Hall–Kier alpha value is -1.45. The van der Waals surface area contributed by atoms with Crippen LogP contribution in [0, 0.1) is 0 Å². The normalized spacial score (nSPS) is 11.6. The van der Waals surface area contributed by atoms with Crippen LogP contribution in [0.5, 0.6) is 5.75 Å². The number of hydrogen-bond acceptors (Lipinski definition) is 4. The third kappa shape index (κ3) is 4.80. The largest absolute Gasteiger partial charge is 0.573 e. The van der Waals surface area contributed by atoms with Gasteiger partial charge in [-0.05, 0) is 0 Å². The predicted molar refractivity (Wildman–Crippen MR) is 64.2 cm³/mol. The van der Waals surface area contributed by atoms with Crippen molar-refractivity contribution >= 4 is 21.9 Å². The number of carbonyl (C=O) groups excluding carboxylic acids is 1. The zero-order chi connectivity index (χ0) is 16.2. The van der Waals surface area contributed by atoms with E-state index in [1.807, 2.05) is 0 Å². The molecule has 0 bridgehead atoms. The number of ether oxygens (including phenoxy) is 2. The molecule has 0 spiro atoms. The average Bonchev–Trinajstić information content (AvgIpc) is 2.37. The summed E-state index contributed by atoms with van der Waals surface area (Å²) in [6.45, 7) is 0. The van der Waals surface area contributed by atoms with Crippen molar-refractivity contribution in [3.8, 4) is 5.75 Å². The second-order valence-electron chi connectivity index (χ2n) is 3.70. The summed E-state index contributed by atoms with van der Waals surface area (Å²) in [5, 5.41) is -0.325. The van der Waals surface area contributed by atoms with E-state index in [1.165, 1.54) is 0 Å². The van der Waals surface area contributed by atoms with Gasteiger partial charge >= 0.3 is 12.3 Å². The van der Waals surface area contributed by atoms with Crippen molar-refractivity contribution in [2.75, 3.05) is 7.11 Å². The van der Waals surface area contributed by atoms with Gasteiger partial charge in [0.25, 0.3) is 6.43 Å². The number of methoxy groups -OCH3 is 1. The van der Waals surface area contributed by atoms with Crippen LogP contribution in [0.3, 0.4) is 0 Å². The highest BCUT2D eigenvalue weighted by atomic mass is 79.9. The zero-order valence-corrected chi connectivity index (χ0v) is 12.1. The van der Waals surface area contributed by atoms with E-state index < -0.39 is 42.1 Å². The Morgan fingerprint density at radius 1 is 1.43 bits per heavy atom. The first-order valence-electron chi connectivity index (χ1n) is 5.37. The smallest absolute Gasteiger partial charge is 0.469 e. The van der Waals surface area contributed by atoms with Crippen molar-refractivity contribution in [3.63, 3.8) is 0 Å². The Kier molecular flexibility index (Phi) is 5.87. The summed E-state index contributed by atoms with van der Waals surface area (Å²) in [6, 6.07) is 0. The van der Waals surface area contributed by atoms with Gasteiger partial charge in [0.05, 0.1) is 25.4 Å². The van der Waals surface area contributed by atoms with Gasteiger partial charge in [0.2, 0.25) is 0 Å². The monoisotopic (exact) mass is 377 g/mol. The van der Waals surface area contributed by atoms with Gasteiger partial charge in [-0.3, -0.25) is 9.78 Å². The fourth-order valence-electron chi connectivity index (χ4n) is 1.55. The van der Waals surface area contributed by atoms with Crippen LogP contribution in [0.4, 0.5) is 22.0 Å². The SMILES string of the molecule is COC(=O)Cc1ncc(OC(F)(F)F)c(CBr)c1C(F)F. The molecule has 0 aliphatic heterocycles. The molecule has 0 atom stereocenters. The van der Waals surface area contributed by atoms with Crippen LogP contribution >= 0.6 is 15.9 Å². The van der Waals surface area contributed by atoms with Crippen molar-refractivity contribution in [1.82, 2.24) is 4.98 Å². The molecule has 0 aliphatic carbocycles. The Bertz CT molecular complexity index is 521. The van der Waals surface area contributed by atoms with Crippen LogP contribution in [0.2, 0.25) is 0 Å². The topological polar surface area (TPSA) is 48.4 Å². The summed E-state index contributed by atoms with van der Waals surface area (Å²) in [4.78, 5) is 14.6. The maximum Gasteiger partial charge on any atom is 0.573 e. The molecular formula is C11H9BrF5NO3. The summed E-state index contributed by atoms with van der Waals surface area (Å²) < 4.78 is 70.9. The second kappa shape index (κ2) is 7.01. The van der Waals surface area contributed by atoms with Crippen molar-refractivity contribution < 1.29 is 36.2 Å². The van der Waals surface area contributed by atoms with Crippen molar-refractivity contribution in [1.29, 1.82) is 0 Å². The standard InChI is InChI=1S/C11H9BrF5NO3/c1-20-8(19)2-6-9(10(13)14)5(3-12)7(4-18-6)21-11(15,16)17/h4,10H,2-3H2,1H3. The maximum absolute atomic E-state index is 13.1. The van der Waals surface area contributed by atoms with Crippen LogP contribution in [0.25, 0.3) is 0 Å². The van der Waals surface area contributed by atoms with E-state index in [4.69, 9.17) is 0 Å². The minimum atomic E-state index is -5.04. The molecule has 0 saturated carbocycles. The second-order valence-corrected chi connectivity index (χ2v) is 4.26. The fourth-order valence-corrected chi connectivity index (χ4v) is 2.13. The summed E-state index contributed by atoms with van der Waals surface area (Å²) in [5.74, 6) is -1.68. The van der Waals surface area contributed by atoms with E-state index in [0.717, 1.165) is 7.11 Å². The van der Waals surface area contributed by atoms with Crippen molar-refractivity contribution in [3.05, 3.63) is 23.0 Å². The van der Waals surface area contributed by atoms with Crippen LogP contribution in [-0.2, 0) is 21.3 Å². The van der Waals surface area contributed by atoms with Crippen LogP contribution in [-0.4, -0.2) is 24.4 Å². The van der Waals surface area contributed by atoms with E-state index in [9.17, 15) is 26.7 Å². The van der Waals surface area contributed by atoms with Gasteiger partial charge < -0.3 is 9.47 Å². The van der Waals surface area contributed by atoms with Crippen LogP contribution < -0.4 is 4.74 Å². The Balaban J connectivity index is 3.34. The average molecular weight is 378 g/mol. The Labute approximate surface area is 124 Å². The van der Waals surface area contributed by atoms with E-state index in [0.29, 0.717) is 6.20 Å². The number of pyridine rings is 1. The molecule has 0 radical (unpaired) electrons. The zero-order valence-electron chi connectivity index (χ0n) is 10.5. The number of esters is 1. The molecule has 0 fully saturated rings. The summed E-state index contributed by atoms with van der Waals surface area (Å²) in [5.41, 5.74) is -1.56. The number of alkyl halides is 6. The fraction of sp³-hybridized carbons (Fsp3) is 0.455. The highest BCUT2D eigenvalue weighted by Gasteiger charge is 2.34. The molecule has 1 rings (SSSR count). The molecule has 10 heteroatoms. The van der Waals surface area contributed by atoms with Gasteiger partial charge in [-0.1, -0.05) is 15.9 Å². The lowest BCUT2D eigenvalue weighted by Gasteiger charge is -2.17. The number of halogens is 6. The summed E-state index contributed by atoms with van der Waals surface area (Å²) in [6.07, 6.45) is -8.10. The van der Waals surface area contributed by atoms with Crippen LogP contribution in [0.15, 0.2) is 6.20 Å². The lowest BCUT2D eigenvalue weighted by molar-refractivity contribution is -0.275. The number of nitrogens with zero attached hydrogens (tertiary/aromatic N) is 1. The van der Waals surface area contributed by atoms with Gasteiger partial charge in [-0.25, -0.2) is 8.78 Å². The molecule has 118 valence electrons. The highest BCUT2D eigenvalue weighted by molar-refractivity contribution is 9.08. The van der Waals surface area contributed by atoms with E-state index >= 15 is 0 Å². The molecule has 1 aromatic heterocycles. The number of carbonyl (C=O) groups is 1. The third-order valence-corrected chi connectivity index (χ3v) is 2.95. The molecule has 4 nitrogen and oxygen atoms in total. The van der Waals surface area contributed by atoms with Gasteiger partial charge in [0.1, 0.15) is 0 Å². The molecule has 0 N–H and O–H groups in total. The van der Waals surface area contributed by atoms with Crippen molar-refractivity contribution in [2.45, 2.75) is 24.5 Å². The Morgan fingerprint density at radius 3 is 2.48 bits per heavy atom. The first-order valence-corrected chi connectivity index (χ1v) is 6.49. The molecule has 0 aliphatic rings. The first kappa shape index (κ1) is 17.6. The van der Waals surface area contributed by atoms with Gasteiger partial charge in [0, 0.05) is 16.5 Å². The lowest BCUT2D eigenvalue weighted by Crippen LogP contribution is -2.20. The minimum absolute atomic E-state index is 0.325. The lowest BCUT2D eigenvalue weighted by atomic mass is 10.1. The molecule has 0 unspecified atom stereocenters. The molecule has 0 saturated heterocycles. The molecule has 1 aromatic rings. The van der Waals surface area contributed by atoms with E-state index in [-0.39, 0.29) is 11.0 Å². The number of aromatic nitrogens is 1. The molecule has 21 heavy (non-hydrogen) atoms. The summed E-state index contributed by atoms with van der Waals surface area (Å²) >= 11 is 2.83. The maximum atomic E-state index is 13.1. The Morgan fingerprint density at radius 2 is 2.05 bits per heavy atom. The summed E-state index contributed by atoms with van der Waals surface area (Å²) in [7, 11) is 1.05. The van der Waals surface area contributed by atoms with E-state index in [2.05, 4.69) is 30.4 Å². The van der Waals surface area contributed by atoms with Gasteiger partial charge in [-0.15, -0.1) is 13.2 Å². The predicted octanol–water partition coefficient (Wildman–Crippen LogP) is 3.53. The van der Waals surface area contributed by atoms with E-state index in [1.54, 1.807) is 0 Å². The molecule has 1 heterocycles. The van der Waals surface area contributed by atoms with Crippen LogP contribution in [0.1, 0.15) is 23.2 Å². The highest BCUT2D eigenvalue weighted by Crippen LogP contribution is 2.36. The quantitative estimate of drug-likeness (QED) is 0.447. The molecular weight excluding hydrogens is 369 g/mol. The number of hydrogen-bond donors (Lipinski definition) is 0. The minimum Gasteiger partial charge on any atom is -0.469 e.